The Morgan fingerprint density at radius 3 is 2.50 bits per heavy atom. The summed E-state index contributed by atoms with van der Waals surface area (Å²) in [5, 5.41) is 11.4. The second kappa shape index (κ2) is 5.66. The average molecular weight is 309 g/mol. The van der Waals surface area contributed by atoms with Crippen LogP contribution in [0.2, 0.25) is 0 Å². The van der Waals surface area contributed by atoms with Crippen LogP contribution in [0.4, 0.5) is 5.95 Å². The van der Waals surface area contributed by atoms with Gasteiger partial charge in [0.05, 0.1) is 0 Å². The van der Waals surface area contributed by atoms with Crippen molar-refractivity contribution in [1.29, 1.82) is 0 Å². The number of aromatic nitrogens is 4. The first-order chi connectivity index (χ1) is 10.3. The zero-order chi connectivity index (χ0) is 16.6. The Kier molecular flexibility index (Phi) is 4.07. The smallest absolute Gasteiger partial charge is 0.332 e. The summed E-state index contributed by atoms with van der Waals surface area (Å²) in [7, 11) is 3.02. The lowest BCUT2D eigenvalue weighted by atomic mass is 10.2. The predicted molar refractivity (Wildman–Crippen MR) is 81.3 cm³/mol. The molecule has 2 aromatic rings. The first kappa shape index (κ1) is 15.8. The van der Waals surface area contributed by atoms with Crippen molar-refractivity contribution in [2.45, 2.75) is 26.3 Å². The molecule has 120 valence electrons. The number of hydrogen-bond acceptors (Lipinski definition) is 5. The Labute approximate surface area is 125 Å². The lowest BCUT2D eigenvalue weighted by Crippen LogP contribution is -2.39. The first-order valence-corrected chi connectivity index (χ1v) is 6.93. The molecule has 1 atom stereocenters. The Morgan fingerprint density at radius 1 is 1.32 bits per heavy atom. The van der Waals surface area contributed by atoms with Crippen LogP contribution in [0.3, 0.4) is 0 Å². The number of carbonyl (C=O) groups is 1. The van der Waals surface area contributed by atoms with Gasteiger partial charge in [-0.2, -0.15) is 4.98 Å². The van der Waals surface area contributed by atoms with Crippen LogP contribution in [0, 0.1) is 0 Å². The topological polar surface area (TPSA) is 111 Å². The summed E-state index contributed by atoms with van der Waals surface area (Å²) < 4.78 is 3.97. The molecular formula is C13H19N5O4. The normalized spacial score (nSPS) is 12.5. The zero-order valence-electron chi connectivity index (χ0n) is 13.0. The molecule has 0 fully saturated rings. The number of nitrogens with one attached hydrogen (secondary N) is 1. The Bertz CT molecular complexity index is 845. The van der Waals surface area contributed by atoms with Gasteiger partial charge in [-0.25, -0.2) is 4.79 Å². The molecule has 1 unspecified atom stereocenters. The van der Waals surface area contributed by atoms with E-state index in [2.05, 4.69) is 10.3 Å². The van der Waals surface area contributed by atoms with Gasteiger partial charge in [0.25, 0.3) is 5.56 Å². The number of hydrogen-bond donors (Lipinski definition) is 2. The molecule has 0 aliphatic carbocycles. The van der Waals surface area contributed by atoms with Gasteiger partial charge in [0.1, 0.15) is 6.54 Å². The highest BCUT2D eigenvalue weighted by molar-refractivity contribution is 5.76. The van der Waals surface area contributed by atoms with E-state index in [-0.39, 0.29) is 29.7 Å². The average Bonchev–Trinajstić information content (AvgIpc) is 2.79. The largest absolute Gasteiger partial charge is 0.480 e. The van der Waals surface area contributed by atoms with Crippen molar-refractivity contribution in [3.05, 3.63) is 20.8 Å². The maximum absolute atomic E-state index is 12.4. The van der Waals surface area contributed by atoms with E-state index in [0.717, 1.165) is 4.57 Å². The Balaban J connectivity index is 2.80. The SMILES string of the molecule is CCC(C)n1c(=O)n(C)c(=O)c2c1nc(NCC(=O)O)n2C. The van der Waals surface area contributed by atoms with E-state index >= 15 is 0 Å². The van der Waals surface area contributed by atoms with Crippen LogP contribution in [-0.4, -0.2) is 36.3 Å². The quantitative estimate of drug-likeness (QED) is 0.798. The molecule has 2 heterocycles. The molecule has 0 aliphatic heterocycles. The number of anilines is 1. The minimum atomic E-state index is -1.04. The number of carboxylic acids is 1. The second-order valence-electron chi connectivity index (χ2n) is 5.19. The lowest BCUT2D eigenvalue weighted by molar-refractivity contribution is -0.134. The highest BCUT2D eigenvalue weighted by atomic mass is 16.4. The fraction of sp³-hybridized carbons (Fsp3) is 0.538. The number of nitrogens with zero attached hydrogens (tertiary/aromatic N) is 4. The highest BCUT2D eigenvalue weighted by Crippen LogP contribution is 2.18. The third-order valence-electron chi connectivity index (χ3n) is 3.73. The summed E-state index contributed by atoms with van der Waals surface area (Å²) in [6.07, 6.45) is 0.696. The number of carboxylic acid groups (broad SMARTS) is 1. The van der Waals surface area contributed by atoms with E-state index in [0.29, 0.717) is 6.42 Å². The molecule has 0 amide bonds. The van der Waals surface area contributed by atoms with E-state index in [1.807, 2.05) is 13.8 Å². The van der Waals surface area contributed by atoms with Crippen LogP contribution in [0.1, 0.15) is 26.3 Å². The number of rotatable bonds is 5. The molecule has 0 aromatic carbocycles. The van der Waals surface area contributed by atoms with Gasteiger partial charge in [-0.3, -0.25) is 18.7 Å². The van der Waals surface area contributed by atoms with Crippen LogP contribution in [0.5, 0.6) is 0 Å². The predicted octanol–water partition coefficient (Wildman–Crippen LogP) is -0.0988. The monoisotopic (exact) mass is 309 g/mol. The van der Waals surface area contributed by atoms with E-state index in [4.69, 9.17) is 5.11 Å². The molecular weight excluding hydrogens is 290 g/mol. The molecule has 2 rings (SSSR count). The van der Waals surface area contributed by atoms with Gasteiger partial charge >= 0.3 is 11.7 Å². The van der Waals surface area contributed by atoms with Gasteiger partial charge in [0.15, 0.2) is 11.2 Å². The minimum absolute atomic E-state index is 0.135. The van der Waals surface area contributed by atoms with Gasteiger partial charge in [-0.05, 0) is 13.3 Å². The van der Waals surface area contributed by atoms with Crippen LogP contribution in [0.15, 0.2) is 9.59 Å². The van der Waals surface area contributed by atoms with Crippen molar-refractivity contribution >= 4 is 23.1 Å². The van der Waals surface area contributed by atoms with Crippen molar-refractivity contribution in [3.63, 3.8) is 0 Å². The zero-order valence-corrected chi connectivity index (χ0v) is 13.0. The third kappa shape index (κ3) is 2.38. The second-order valence-corrected chi connectivity index (χ2v) is 5.19. The molecule has 0 bridgehead atoms. The molecule has 0 aliphatic rings. The van der Waals surface area contributed by atoms with E-state index in [9.17, 15) is 14.4 Å². The Hall–Kier alpha value is -2.58. The number of fused-ring (bicyclic) bond motifs is 1. The van der Waals surface area contributed by atoms with Crippen LogP contribution in [-0.2, 0) is 18.9 Å². The van der Waals surface area contributed by atoms with E-state index in [1.165, 1.54) is 16.2 Å². The summed E-state index contributed by atoms with van der Waals surface area (Å²) in [5.74, 6) is -0.809. The van der Waals surface area contributed by atoms with Gasteiger partial charge < -0.3 is 15.0 Å². The van der Waals surface area contributed by atoms with Crippen molar-refractivity contribution < 1.29 is 9.90 Å². The van der Waals surface area contributed by atoms with Crippen LogP contribution in [0.25, 0.3) is 11.2 Å². The number of imidazole rings is 1. The van der Waals surface area contributed by atoms with Crippen LogP contribution < -0.4 is 16.6 Å². The fourth-order valence-electron chi connectivity index (χ4n) is 2.28. The van der Waals surface area contributed by atoms with E-state index < -0.39 is 17.2 Å². The summed E-state index contributed by atoms with van der Waals surface area (Å²) in [4.78, 5) is 39.6. The molecule has 9 heteroatoms. The van der Waals surface area contributed by atoms with Gasteiger partial charge in [0, 0.05) is 20.1 Å². The fourth-order valence-corrected chi connectivity index (χ4v) is 2.28. The molecule has 0 radical (unpaired) electrons. The van der Waals surface area contributed by atoms with E-state index in [1.54, 1.807) is 7.05 Å². The molecule has 2 N–H and O–H groups in total. The third-order valence-corrected chi connectivity index (χ3v) is 3.73. The molecule has 22 heavy (non-hydrogen) atoms. The number of aliphatic carboxylic acids is 1. The van der Waals surface area contributed by atoms with Crippen molar-refractivity contribution in [1.82, 2.24) is 18.7 Å². The first-order valence-electron chi connectivity index (χ1n) is 6.93. The standard InChI is InChI=1S/C13H19N5O4/c1-5-7(2)18-10-9(11(21)17(4)13(18)22)16(3)12(15-10)14-6-8(19)20/h7H,5-6H2,1-4H3,(H,14,15)(H,19,20). The summed E-state index contributed by atoms with van der Waals surface area (Å²) in [5.41, 5.74) is -0.374. The van der Waals surface area contributed by atoms with Gasteiger partial charge in [-0.1, -0.05) is 6.92 Å². The Morgan fingerprint density at radius 2 is 1.95 bits per heavy atom. The van der Waals surface area contributed by atoms with Gasteiger partial charge in [0.2, 0.25) is 5.95 Å². The lowest BCUT2D eigenvalue weighted by Gasteiger charge is -2.14. The minimum Gasteiger partial charge on any atom is -0.480 e. The summed E-state index contributed by atoms with van der Waals surface area (Å²) >= 11 is 0. The molecule has 0 spiro atoms. The van der Waals surface area contributed by atoms with Crippen molar-refractivity contribution in [3.8, 4) is 0 Å². The summed E-state index contributed by atoms with van der Waals surface area (Å²) in [6, 6.07) is -0.135. The molecule has 0 saturated heterocycles. The molecule has 9 nitrogen and oxygen atoms in total. The maximum Gasteiger partial charge on any atom is 0.332 e. The van der Waals surface area contributed by atoms with Crippen LogP contribution >= 0.6 is 0 Å². The number of aryl methyl sites for hydroxylation is 1. The summed E-state index contributed by atoms with van der Waals surface area (Å²) in [6.45, 7) is 3.47. The molecule has 2 aromatic heterocycles. The highest BCUT2D eigenvalue weighted by Gasteiger charge is 2.21. The molecule has 0 saturated carbocycles. The van der Waals surface area contributed by atoms with Crippen molar-refractivity contribution in [2.24, 2.45) is 14.1 Å². The maximum atomic E-state index is 12.4. The van der Waals surface area contributed by atoms with Crippen molar-refractivity contribution in [2.75, 3.05) is 11.9 Å². The van der Waals surface area contributed by atoms with Gasteiger partial charge in [-0.15, -0.1) is 0 Å².